The van der Waals surface area contributed by atoms with Gasteiger partial charge in [0.25, 0.3) is 5.91 Å². The summed E-state index contributed by atoms with van der Waals surface area (Å²) in [6, 6.07) is 5.00. The highest BCUT2D eigenvalue weighted by atomic mass is 35.5. The highest BCUT2D eigenvalue weighted by molar-refractivity contribution is 6.42. The summed E-state index contributed by atoms with van der Waals surface area (Å²) in [4.78, 5) is 20.5. The van der Waals surface area contributed by atoms with Gasteiger partial charge in [0, 0.05) is 11.8 Å². The molecule has 1 aromatic carbocycles. The molecule has 3 rings (SSSR count). The van der Waals surface area contributed by atoms with E-state index >= 15 is 0 Å². The van der Waals surface area contributed by atoms with Crippen LogP contribution in [0.25, 0.3) is 0 Å². The molecular weight excluding hydrogens is 403 g/mol. The Hall–Kier alpha value is -3.04. The number of amides is 1. The fraction of sp³-hybridized carbons (Fsp3) is 0.176. The van der Waals surface area contributed by atoms with E-state index in [1.165, 1.54) is 6.21 Å². The van der Waals surface area contributed by atoms with Crippen LogP contribution in [0.15, 0.2) is 29.5 Å². The smallest absolute Gasteiger partial charge is 0.293 e. The lowest BCUT2D eigenvalue weighted by Gasteiger charge is -2.06. The summed E-state index contributed by atoms with van der Waals surface area (Å²) in [7, 11) is 0. The molecule has 3 N–H and O–H groups in total. The zero-order chi connectivity index (χ0) is 20.3. The van der Waals surface area contributed by atoms with E-state index in [0.717, 1.165) is 0 Å². The third-order valence-electron chi connectivity index (χ3n) is 3.86. The highest BCUT2D eigenvalue weighted by Gasteiger charge is 2.17. The van der Waals surface area contributed by atoms with Gasteiger partial charge < -0.3 is 5.73 Å². The number of nitrogen functional groups attached to an aromatic ring is 1. The summed E-state index contributed by atoms with van der Waals surface area (Å²) >= 11 is 11.8. The predicted octanol–water partition coefficient (Wildman–Crippen LogP) is 2.39. The molecule has 9 nitrogen and oxygen atoms in total. The Morgan fingerprint density at radius 3 is 2.82 bits per heavy atom. The van der Waals surface area contributed by atoms with Crippen molar-refractivity contribution < 1.29 is 4.79 Å². The molecule has 0 bridgehead atoms. The molecule has 0 fully saturated rings. The number of aromatic nitrogens is 5. The quantitative estimate of drug-likeness (QED) is 0.484. The van der Waals surface area contributed by atoms with E-state index in [9.17, 15) is 4.79 Å². The van der Waals surface area contributed by atoms with Gasteiger partial charge in [-0.25, -0.2) is 20.1 Å². The molecule has 0 saturated heterocycles. The van der Waals surface area contributed by atoms with Crippen molar-refractivity contribution in [2.45, 2.75) is 20.4 Å². The Balaban J connectivity index is 1.69. The van der Waals surface area contributed by atoms with E-state index in [1.807, 2.05) is 0 Å². The Kier molecular flexibility index (Phi) is 5.86. The number of carbonyl (C=O) groups excluding carboxylic acids is 1. The number of hydrazone groups is 1. The van der Waals surface area contributed by atoms with Gasteiger partial charge in [-0.05, 0) is 31.5 Å². The largest absolute Gasteiger partial charge is 0.383 e. The summed E-state index contributed by atoms with van der Waals surface area (Å²) in [5.74, 6) is 0.448. The van der Waals surface area contributed by atoms with Gasteiger partial charge in [0.1, 0.15) is 11.6 Å². The Bertz CT molecular complexity index is 1060. The Labute approximate surface area is 170 Å². The second-order valence-electron chi connectivity index (χ2n) is 5.88. The molecule has 2 aromatic heterocycles. The fourth-order valence-corrected chi connectivity index (χ4v) is 2.63. The molecular formula is C17H16Cl2N8O. The molecule has 0 radical (unpaired) electrons. The molecule has 2 heterocycles. The van der Waals surface area contributed by atoms with Gasteiger partial charge in [0.15, 0.2) is 5.69 Å². The number of hydrogen-bond donors (Lipinski definition) is 2. The maximum Gasteiger partial charge on any atom is 0.293 e. The van der Waals surface area contributed by atoms with Crippen molar-refractivity contribution in [3.05, 3.63) is 62.8 Å². The first kappa shape index (κ1) is 19.7. The summed E-state index contributed by atoms with van der Waals surface area (Å²) < 4.78 is 1.54. The van der Waals surface area contributed by atoms with Crippen LogP contribution in [0.3, 0.4) is 0 Å². The minimum absolute atomic E-state index is 0.151. The highest BCUT2D eigenvalue weighted by Crippen LogP contribution is 2.21. The second-order valence-corrected chi connectivity index (χ2v) is 6.70. The number of rotatable bonds is 5. The summed E-state index contributed by atoms with van der Waals surface area (Å²) in [5.41, 5.74) is 10.4. The minimum atomic E-state index is -0.492. The molecule has 28 heavy (non-hydrogen) atoms. The van der Waals surface area contributed by atoms with E-state index < -0.39 is 5.91 Å². The van der Waals surface area contributed by atoms with E-state index in [2.05, 4.69) is 30.8 Å². The van der Waals surface area contributed by atoms with Gasteiger partial charge in [-0.2, -0.15) is 5.10 Å². The van der Waals surface area contributed by atoms with Gasteiger partial charge in [0.2, 0.25) is 0 Å². The number of carbonyl (C=O) groups is 1. The van der Waals surface area contributed by atoms with Crippen molar-refractivity contribution in [3.63, 3.8) is 0 Å². The molecule has 1 amide bonds. The lowest BCUT2D eigenvalue weighted by Crippen LogP contribution is -2.19. The number of hydrogen-bond acceptors (Lipinski definition) is 7. The third-order valence-corrected chi connectivity index (χ3v) is 4.60. The van der Waals surface area contributed by atoms with E-state index in [1.54, 1.807) is 42.9 Å². The van der Waals surface area contributed by atoms with E-state index in [4.69, 9.17) is 28.9 Å². The lowest BCUT2D eigenvalue weighted by molar-refractivity contribution is 0.0949. The van der Waals surface area contributed by atoms with Crippen molar-refractivity contribution in [1.82, 2.24) is 30.4 Å². The molecule has 0 atom stereocenters. The molecule has 0 spiro atoms. The predicted molar refractivity (Wildman–Crippen MR) is 107 cm³/mol. The number of anilines is 1. The Morgan fingerprint density at radius 2 is 2.11 bits per heavy atom. The number of nitrogens with two attached hydrogens (primary N) is 1. The van der Waals surface area contributed by atoms with Gasteiger partial charge in [-0.3, -0.25) is 4.79 Å². The normalized spacial score (nSPS) is 11.1. The Morgan fingerprint density at radius 1 is 1.32 bits per heavy atom. The van der Waals surface area contributed by atoms with Crippen LogP contribution in [-0.4, -0.2) is 37.1 Å². The minimum Gasteiger partial charge on any atom is -0.383 e. The lowest BCUT2D eigenvalue weighted by atomic mass is 10.2. The molecule has 144 valence electrons. The van der Waals surface area contributed by atoms with E-state index in [0.29, 0.717) is 45.1 Å². The van der Waals surface area contributed by atoms with Crippen LogP contribution in [0.5, 0.6) is 0 Å². The van der Waals surface area contributed by atoms with Crippen molar-refractivity contribution in [2.24, 2.45) is 5.10 Å². The topological polar surface area (TPSA) is 124 Å². The summed E-state index contributed by atoms with van der Waals surface area (Å²) in [6.07, 6.45) is 3.07. The van der Waals surface area contributed by atoms with Gasteiger partial charge in [-0.15, -0.1) is 5.10 Å². The second kappa shape index (κ2) is 8.32. The van der Waals surface area contributed by atoms with Crippen molar-refractivity contribution in [2.75, 3.05) is 5.73 Å². The van der Waals surface area contributed by atoms with Crippen molar-refractivity contribution in [1.29, 1.82) is 0 Å². The first-order valence-corrected chi connectivity index (χ1v) is 8.87. The number of halogens is 2. The van der Waals surface area contributed by atoms with Crippen molar-refractivity contribution >= 4 is 41.1 Å². The number of nitrogens with zero attached hydrogens (tertiary/aromatic N) is 6. The molecule has 0 unspecified atom stereocenters. The van der Waals surface area contributed by atoms with Crippen LogP contribution in [0.2, 0.25) is 10.0 Å². The first-order chi connectivity index (χ1) is 13.3. The number of benzene rings is 1. The zero-order valence-corrected chi connectivity index (χ0v) is 16.5. The van der Waals surface area contributed by atoms with Crippen LogP contribution < -0.4 is 11.2 Å². The molecule has 0 aliphatic rings. The average Bonchev–Trinajstić information content (AvgIpc) is 3.01. The third kappa shape index (κ3) is 4.44. The van der Waals surface area contributed by atoms with Crippen molar-refractivity contribution in [3.8, 4) is 0 Å². The summed E-state index contributed by atoms with van der Waals surface area (Å²) in [6.45, 7) is 3.77. The van der Waals surface area contributed by atoms with E-state index in [-0.39, 0.29) is 5.69 Å². The summed E-state index contributed by atoms with van der Waals surface area (Å²) in [5, 5.41) is 12.7. The standard InChI is InChI=1S/C17H16Cl2N8O/c1-9-15(17(28)25-22-6-11-3-4-13(18)14(19)5-11)24-26-27(9)8-12-7-21-10(2)23-16(12)20/h3-7H,8H2,1-2H3,(H,25,28)(H2,20,21,23)/b22-6+. The maximum atomic E-state index is 12.3. The number of nitrogens with one attached hydrogen (secondary N) is 1. The molecule has 0 saturated carbocycles. The molecule has 3 aromatic rings. The first-order valence-electron chi connectivity index (χ1n) is 8.11. The van der Waals surface area contributed by atoms with Gasteiger partial charge in [-0.1, -0.05) is 34.5 Å². The molecule has 11 heteroatoms. The average molecular weight is 419 g/mol. The van der Waals surface area contributed by atoms with Gasteiger partial charge in [0.05, 0.1) is 28.5 Å². The van der Waals surface area contributed by atoms with Gasteiger partial charge >= 0.3 is 0 Å². The molecule has 0 aliphatic carbocycles. The van der Waals surface area contributed by atoms with Crippen LogP contribution in [0.1, 0.15) is 33.1 Å². The fourth-order valence-electron chi connectivity index (χ4n) is 2.33. The van der Waals surface area contributed by atoms with Crippen LogP contribution >= 0.6 is 23.2 Å². The molecule has 0 aliphatic heterocycles. The number of aryl methyl sites for hydroxylation is 1. The van der Waals surface area contributed by atoms with Crippen LogP contribution in [0.4, 0.5) is 5.82 Å². The van der Waals surface area contributed by atoms with Crippen LogP contribution in [-0.2, 0) is 6.54 Å². The maximum absolute atomic E-state index is 12.3. The van der Waals surface area contributed by atoms with Crippen LogP contribution in [0, 0.1) is 13.8 Å². The zero-order valence-electron chi connectivity index (χ0n) is 15.0. The monoisotopic (exact) mass is 418 g/mol. The SMILES string of the molecule is Cc1ncc(Cn2nnc(C(=O)N/N=C/c3ccc(Cl)c(Cl)c3)c2C)c(N)n1.